The number of para-hydroxylation sites is 1. The molecule has 0 spiro atoms. The number of likely N-dealkylation sites (tertiary alicyclic amines) is 1. The van der Waals surface area contributed by atoms with E-state index in [1.54, 1.807) is 6.33 Å². The van der Waals surface area contributed by atoms with Crippen LogP contribution in [0.15, 0.2) is 91.4 Å². The number of ether oxygens (including phenoxy) is 1. The Morgan fingerprint density at radius 2 is 1.20 bits per heavy atom. The van der Waals surface area contributed by atoms with E-state index in [1.807, 2.05) is 42.5 Å². The molecule has 0 atom stereocenters. The summed E-state index contributed by atoms with van der Waals surface area (Å²) in [5.74, 6) is -2.85. The molecule has 0 bridgehead atoms. The molecule has 14 heteroatoms. The molecule has 2 aliphatic rings. The fraction of sp³-hybridized carbons (Fsp3) is 0.297. The first-order valence-corrected chi connectivity index (χ1v) is 16.5. The first-order valence-electron chi connectivity index (χ1n) is 16.5. The second kappa shape index (κ2) is 18.7. The van der Waals surface area contributed by atoms with Crippen molar-refractivity contribution in [1.29, 1.82) is 0 Å². The minimum Gasteiger partial charge on any atom is -0.478 e. The highest BCUT2D eigenvalue weighted by Gasteiger charge is 2.29. The lowest BCUT2D eigenvalue weighted by Gasteiger charge is -2.39. The molecule has 6 N–H and O–H groups in total. The summed E-state index contributed by atoms with van der Waals surface area (Å²) in [6.45, 7) is 2.55. The van der Waals surface area contributed by atoms with Gasteiger partial charge in [-0.05, 0) is 81.4 Å². The largest absolute Gasteiger partial charge is 0.478 e. The molecule has 0 amide bonds. The number of hydrogen-bond acceptors (Lipinski definition) is 9. The summed E-state index contributed by atoms with van der Waals surface area (Å²) < 4.78 is 8.35. The lowest BCUT2D eigenvalue weighted by atomic mass is 9.89. The molecule has 0 radical (unpaired) electrons. The van der Waals surface area contributed by atoms with E-state index in [4.69, 9.17) is 30.9 Å². The number of anilines is 1. The molecule has 1 aliphatic heterocycles. The molecule has 268 valence electrons. The molecule has 3 heterocycles. The summed E-state index contributed by atoms with van der Waals surface area (Å²) in [7, 11) is 0. The van der Waals surface area contributed by atoms with E-state index in [2.05, 4.69) is 37.8 Å². The van der Waals surface area contributed by atoms with Gasteiger partial charge in [0, 0.05) is 48.1 Å². The van der Waals surface area contributed by atoms with Crippen LogP contribution in [0, 0.1) is 0 Å². The van der Waals surface area contributed by atoms with Crippen LogP contribution in [0.1, 0.15) is 51.0 Å². The van der Waals surface area contributed by atoms with Crippen molar-refractivity contribution in [3.63, 3.8) is 0 Å². The van der Waals surface area contributed by atoms with Crippen molar-refractivity contribution in [1.82, 2.24) is 19.4 Å². The lowest BCUT2D eigenvalue weighted by Crippen LogP contribution is -2.41. The van der Waals surface area contributed by atoms with Gasteiger partial charge in [0.2, 0.25) is 0 Å². The van der Waals surface area contributed by atoms with Crippen molar-refractivity contribution in [3.05, 3.63) is 91.4 Å². The van der Waals surface area contributed by atoms with Crippen LogP contribution in [0.4, 0.5) is 5.82 Å². The van der Waals surface area contributed by atoms with Crippen LogP contribution in [-0.4, -0.2) is 82.9 Å². The van der Waals surface area contributed by atoms with Gasteiger partial charge in [-0.2, -0.15) is 0 Å². The molecule has 14 nitrogen and oxygen atoms in total. The van der Waals surface area contributed by atoms with Gasteiger partial charge in [0.05, 0.1) is 5.39 Å². The summed E-state index contributed by atoms with van der Waals surface area (Å²) in [5, 5.41) is 32.2. The number of nitrogens with two attached hydrogens (primary N) is 1. The van der Waals surface area contributed by atoms with Gasteiger partial charge in [-0.1, -0.05) is 36.8 Å². The van der Waals surface area contributed by atoms with E-state index in [1.165, 1.54) is 58.0 Å². The molecule has 1 saturated heterocycles. The van der Waals surface area contributed by atoms with Crippen LogP contribution in [0.5, 0.6) is 11.5 Å². The Morgan fingerprint density at radius 3 is 1.73 bits per heavy atom. The Balaban J connectivity index is 0.000000305. The molecule has 0 unspecified atom stereocenters. The van der Waals surface area contributed by atoms with Crippen molar-refractivity contribution in [2.45, 2.75) is 57.0 Å². The number of carboxylic acid groups (broad SMARTS) is 4. The summed E-state index contributed by atoms with van der Waals surface area (Å²) in [6.07, 6.45) is 15.0. The topological polar surface area (TPSA) is 218 Å². The van der Waals surface area contributed by atoms with Crippen LogP contribution in [-0.2, 0) is 19.2 Å². The average molecular weight is 700 g/mol. The van der Waals surface area contributed by atoms with Crippen LogP contribution >= 0.6 is 0 Å². The van der Waals surface area contributed by atoms with Crippen molar-refractivity contribution in [3.8, 4) is 22.6 Å². The molecule has 1 aliphatic carbocycles. The zero-order valence-corrected chi connectivity index (χ0v) is 27.9. The second-order valence-electron chi connectivity index (χ2n) is 11.9. The maximum atomic E-state index is 9.55. The smallest absolute Gasteiger partial charge is 0.328 e. The van der Waals surface area contributed by atoms with Crippen molar-refractivity contribution >= 4 is 40.7 Å². The highest BCUT2D eigenvalue weighted by molar-refractivity contribution is 6.00. The average Bonchev–Trinajstić information content (AvgIpc) is 3.53. The van der Waals surface area contributed by atoms with Crippen LogP contribution < -0.4 is 10.5 Å². The zero-order valence-electron chi connectivity index (χ0n) is 27.9. The van der Waals surface area contributed by atoms with Crippen molar-refractivity contribution < 1.29 is 44.3 Å². The number of carboxylic acids is 4. The molecule has 2 fully saturated rings. The third-order valence-electron chi connectivity index (χ3n) is 8.49. The first-order chi connectivity index (χ1) is 24.5. The number of nitrogens with zero attached hydrogens (tertiary/aromatic N) is 4. The third kappa shape index (κ3) is 11.5. The summed E-state index contributed by atoms with van der Waals surface area (Å²) >= 11 is 0. The fourth-order valence-electron chi connectivity index (χ4n) is 6.20. The maximum Gasteiger partial charge on any atom is 0.328 e. The number of aliphatic carboxylic acids is 4. The number of fused-ring (bicyclic) bond motifs is 1. The van der Waals surface area contributed by atoms with E-state index in [-0.39, 0.29) is 0 Å². The predicted molar refractivity (Wildman–Crippen MR) is 189 cm³/mol. The molecule has 2 aromatic carbocycles. The standard InChI is InChI=1S/C29H33N5O.2C4H4O4/c30-28-27-26(21-9-15-25(16-10-21)35-24-7-3-1-4-8-24)19-34(29(27)32-20-31-28)23-13-11-22(12-14-23)33-17-5-2-6-18-33;2*5-3(6)1-2-4(7)8/h1,3-4,7-10,15-16,19-20,22-23H,2,5-6,11-14,17-18H2,(H2,30,31,32);2*1-2H,(H,5,6)(H,7,8)/b;2*2-1-. The van der Waals surface area contributed by atoms with Gasteiger partial charge in [0.25, 0.3) is 0 Å². The molecule has 1 saturated carbocycles. The quantitative estimate of drug-likeness (QED) is 0.129. The van der Waals surface area contributed by atoms with E-state index >= 15 is 0 Å². The number of nitrogen functional groups attached to an aromatic ring is 1. The van der Waals surface area contributed by atoms with Gasteiger partial charge in [-0.15, -0.1) is 0 Å². The number of hydrogen-bond donors (Lipinski definition) is 5. The number of aromatic nitrogens is 3. The van der Waals surface area contributed by atoms with E-state index in [0.29, 0.717) is 36.2 Å². The zero-order chi connectivity index (χ0) is 36.8. The molecule has 4 aromatic rings. The van der Waals surface area contributed by atoms with Gasteiger partial charge < -0.3 is 40.4 Å². The Labute approximate surface area is 294 Å². The van der Waals surface area contributed by atoms with Crippen LogP contribution in [0.3, 0.4) is 0 Å². The molecule has 6 rings (SSSR count). The number of rotatable bonds is 9. The van der Waals surface area contributed by atoms with Crippen LogP contribution in [0.2, 0.25) is 0 Å². The monoisotopic (exact) mass is 699 g/mol. The van der Waals surface area contributed by atoms with E-state index in [0.717, 1.165) is 39.7 Å². The molecule has 2 aromatic heterocycles. The Hall–Kier alpha value is -6.02. The Kier molecular flexibility index (Phi) is 13.8. The molecule has 51 heavy (non-hydrogen) atoms. The summed E-state index contributed by atoms with van der Waals surface area (Å²) in [6, 6.07) is 19.2. The minimum atomic E-state index is -1.26. The predicted octanol–water partition coefficient (Wildman–Crippen LogP) is 5.87. The van der Waals surface area contributed by atoms with Crippen LogP contribution in [0.25, 0.3) is 22.2 Å². The van der Waals surface area contributed by atoms with E-state index in [9.17, 15) is 19.2 Å². The highest BCUT2D eigenvalue weighted by atomic mass is 16.5. The normalized spacial score (nSPS) is 17.6. The van der Waals surface area contributed by atoms with Gasteiger partial charge >= 0.3 is 23.9 Å². The highest BCUT2D eigenvalue weighted by Crippen LogP contribution is 2.39. The first kappa shape index (κ1) is 37.8. The fourth-order valence-corrected chi connectivity index (χ4v) is 6.20. The Bertz CT molecular complexity index is 1780. The Morgan fingerprint density at radius 1 is 0.686 bits per heavy atom. The SMILES string of the molecule is Nc1ncnc2c1c(-c1ccc(Oc3ccccc3)cc1)cn2C1CCC(N2CCCCC2)CC1.O=C(O)/C=C\C(=O)O.O=C(O)/C=C\C(=O)O. The second-order valence-corrected chi connectivity index (χ2v) is 11.9. The van der Waals surface area contributed by atoms with Gasteiger partial charge in [0.15, 0.2) is 0 Å². The van der Waals surface area contributed by atoms with Crippen molar-refractivity contribution in [2.24, 2.45) is 0 Å². The lowest BCUT2D eigenvalue weighted by molar-refractivity contribution is -0.134. The van der Waals surface area contributed by atoms with Crippen molar-refractivity contribution in [2.75, 3.05) is 18.8 Å². The molecular weight excluding hydrogens is 658 g/mol. The van der Waals surface area contributed by atoms with Gasteiger partial charge in [-0.3, -0.25) is 0 Å². The van der Waals surface area contributed by atoms with Gasteiger partial charge in [0.1, 0.15) is 29.3 Å². The minimum absolute atomic E-state index is 0.447. The summed E-state index contributed by atoms with van der Waals surface area (Å²) in [4.78, 5) is 50.0. The third-order valence-corrected chi connectivity index (χ3v) is 8.49. The summed E-state index contributed by atoms with van der Waals surface area (Å²) in [5.41, 5.74) is 9.52. The maximum absolute atomic E-state index is 9.55. The molecular formula is C37H41N5O9. The van der Waals surface area contributed by atoms with E-state index < -0.39 is 23.9 Å². The number of piperidine rings is 1. The number of carbonyl (C=O) groups is 4. The van der Waals surface area contributed by atoms with Gasteiger partial charge in [-0.25, -0.2) is 29.1 Å². The number of benzene rings is 2.